The van der Waals surface area contributed by atoms with E-state index in [-0.39, 0.29) is 5.91 Å². The van der Waals surface area contributed by atoms with Gasteiger partial charge in [0.1, 0.15) is 5.75 Å². The highest BCUT2D eigenvalue weighted by atomic mass is 16.5. The first-order valence-electron chi connectivity index (χ1n) is 9.31. The molecule has 4 heteroatoms. The highest BCUT2D eigenvalue weighted by Gasteiger charge is 2.01. The Morgan fingerprint density at radius 3 is 2.42 bits per heavy atom. The Kier molecular flexibility index (Phi) is 11.4. The first kappa shape index (κ1) is 20.2. The maximum atomic E-state index is 11.8. The zero-order valence-electron chi connectivity index (χ0n) is 15.2. The lowest BCUT2D eigenvalue weighted by Gasteiger charge is -2.06. The molecule has 0 unspecified atom stereocenters. The summed E-state index contributed by atoms with van der Waals surface area (Å²) in [5.41, 5.74) is 3.46. The van der Waals surface area contributed by atoms with E-state index < -0.39 is 0 Å². The van der Waals surface area contributed by atoms with Crippen LogP contribution in [0.15, 0.2) is 29.4 Å². The monoisotopic (exact) mass is 332 g/mol. The lowest BCUT2D eigenvalue weighted by atomic mass is 10.1. The van der Waals surface area contributed by atoms with E-state index in [1.54, 1.807) is 6.21 Å². The number of benzene rings is 1. The molecule has 1 amide bonds. The molecule has 0 radical (unpaired) electrons. The van der Waals surface area contributed by atoms with Gasteiger partial charge >= 0.3 is 0 Å². The summed E-state index contributed by atoms with van der Waals surface area (Å²) < 4.78 is 5.52. The Hall–Kier alpha value is -1.84. The molecule has 1 rings (SSSR count). The number of carbonyl (C=O) groups is 1. The summed E-state index contributed by atoms with van der Waals surface area (Å²) in [6.07, 6.45) is 12.0. The minimum Gasteiger partial charge on any atom is -0.493 e. The molecule has 4 nitrogen and oxygen atoms in total. The molecule has 0 aliphatic carbocycles. The number of para-hydroxylation sites is 1. The molecule has 24 heavy (non-hydrogen) atoms. The van der Waals surface area contributed by atoms with Crippen molar-refractivity contribution < 1.29 is 9.53 Å². The van der Waals surface area contributed by atoms with E-state index in [9.17, 15) is 4.79 Å². The van der Waals surface area contributed by atoms with Gasteiger partial charge in [-0.3, -0.25) is 4.79 Å². The fourth-order valence-corrected chi connectivity index (χ4v) is 2.52. The molecule has 0 aromatic heterocycles. The van der Waals surface area contributed by atoms with Gasteiger partial charge in [0.25, 0.3) is 0 Å². The number of hydrazone groups is 1. The van der Waals surface area contributed by atoms with Gasteiger partial charge in [-0.2, -0.15) is 5.10 Å². The van der Waals surface area contributed by atoms with Crippen molar-refractivity contribution in [2.75, 3.05) is 6.61 Å². The molecule has 1 N–H and O–H groups in total. The van der Waals surface area contributed by atoms with Crippen LogP contribution >= 0.6 is 0 Å². The maximum Gasteiger partial charge on any atom is 0.240 e. The van der Waals surface area contributed by atoms with Crippen molar-refractivity contribution >= 4 is 12.1 Å². The summed E-state index contributed by atoms with van der Waals surface area (Å²) in [6.45, 7) is 4.78. The molecular formula is C20H32N2O2. The van der Waals surface area contributed by atoms with Crippen molar-refractivity contribution in [2.45, 2.75) is 71.6 Å². The van der Waals surface area contributed by atoms with E-state index in [0.717, 1.165) is 24.2 Å². The van der Waals surface area contributed by atoms with Crippen LogP contribution in [0.1, 0.15) is 77.2 Å². The van der Waals surface area contributed by atoms with Crippen molar-refractivity contribution in [1.29, 1.82) is 0 Å². The van der Waals surface area contributed by atoms with Crippen LogP contribution in [0, 0.1) is 0 Å². The Labute approximate surface area is 146 Å². The van der Waals surface area contributed by atoms with Gasteiger partial charge in [-0.05, 0) is 25.5 Å². The van der Waals surface area contributed by atoms with E-state index >= 15 is 0 Å². The Morgan fingerprint density at radius 1 is 1.04 bits per heavy atom. The molecule has 1 aromatic carbocycles. The Balaban J connectivity index is 2.15. The van der Waals surface area contributed by atoms with E-state index in [2.05, 4.69) is 17.5 Å². The molecule has 1 aromatic rings. The molecule has 0 saturated heterocycles. The van der Waals surface area contributed by atoms with Gasteiger partial charge in [-0.15, -0.1) is 0 Å². The van der Waals surface area contributed by atoms with Crippen LogP contribution < -0.4 is 10.2 Å². The number of ether oxygens (including phenoxy) is 1. The van der Waals surface area contributed by atoms with Gasteiger partial charge in [0.15, 0.2) is 0 Å². The van der Waals surface area contributed by atoms with Gasteiger partial charge in [0.05, 0.1) is 12.8 Å². The number of nitrogens with one attached hydrogen (secondary N) is 1. The van der Waals surface area contributed by atoms with Crippen molar-refractivity contribution in [3.8, 4) is 5.75 Å². The first-order valence-corrected chi connectivity index (χ1v) is 9.31. The van der Waals surface area contributed by atoms with E-state index in [1.165, 1.54) is 38.5 Å². The fraction of sp³-hybridized carbons (Fsp3) is 0.600. The van der Waals surface area contributed by atoms with Crippen LogP contribution in [-0.4, -0.2) is 18.7 Å². The van der Waals surface area contributed by atoms with Crippen LogP contribution in [-0.2, 0) is 4.79 Å². The lowest BCUT2D eigenvalue weighted by molar-refractivity contribution is -0.121. The molecule has 134 valence electrons. The third-order valence-electron chi connectivity index (χ3n) is 3.87. The number of rotatable bonds is 13. The summed E-state index contributed by atoms with van der Waals surface area (Å²) >= 11 is 0. The van der Waals surface area contributed by atoms with Gasteiger partial charge < -0.3 is 4.74 Å². The van der Waals surface area contributed by atoms with Crippen LogP contribution in [0.25, 0.3) is 0 Å². The summed E-state index contributed by atoms with van der Waals surface area (Å²) in [4.78, 5) is 11.8. The standard InChI is InChI=1S/C20H32N2O2/c1-3-5-6-7-8-9-10-11-16-20(23)22-21-17-18-14-12-13-15-19(18)24-4-2/h12-15,17H,3-11,16H2,1-2H3,(H,22,23)/b21-17+. The quantitative estimate of drug-likeness (QED) is 0.311. The zero-order valence-corrected chi connectivity index (χ0v) is 15.2. The first-order chi connectivity index (χ1) is 11.8. The number of hydrogen-bond acceptors (Lipinski definition) is 3. The Morgan fingerprint density at radius 2 is 1.71 bits per heavy atom. The van der Waals surface area contributed by atoms with Crippen LogP contribution in [0.3, 0.4) is 0 Å². The van der Waals surface area contributed by atoms with E-state index in [1.807, 2.05) is 31.2 Å². The number of nitrogens with zero attached hydrogens (tertiary/aromatic N) is 1. The maximum absolute atomic E-state index is 11.8. The van der Waals surface area contributed by atoms with Crippen LogP contribution in [0.4, 0.5) is 0 Å². The normalized spacial score (nSPS) is 10.9. The number of hydrogen-bond donors (Lipinski definition) is 1. The molecular weight excluding hydrogens is 300 g/mol. The molecule has 0 heterocycles. The SMILES string of the molecule is CCCCCCCCCCC(=O)N/N=C/c1ccccc1OCC. The number of carbonyl (C=O) groups excluding carboxylic acids is 1. The molecule has 0 aliphatic heterocycles. The van der Waals surface area contributed by atoms with Crippen molar-refractivity contribution in [3.63, 3.8) is 0 Å². The Bertz CT molecular complexity index is 486. The number of amides is 1. The van der Waals surface area contributed by atoms with Crippen LogP contribution in [0.2, 0.25) is 0 Å². The molecule has 0 bridgehead atoms. The third-order valence-corrected chi connectivity index (χ3v) is 3.87. The predicted molar refractivity (Wildman–Crippen MR) is 101 cm³/mol. The van der Waals surface area contributed by atoms with Gasteiger partial charge in [0.2, 0.25) is 5.91 Å². The average Bonchev–Trinajstić information content (AvgIpc) is 2.59. The second-order valence-electron chi connectivity index (χ2n) is 5.99. The van der Waals surface area contributed by atoms with E-state index in [4.69, 9.17) is 4.74 Å². The van der Waals surface area contributed by atoms with Gasteiger partial charge in [-0.25, -0.2) is 5.43 Å². The largest absolute Gasteiger partial charge is 0.493 e. The highest BCUT2D eigenvalue weighted by molar-refractivity contribution is 5.85. The summed E-state index contributed by atoms with van der Waals surface area (Å²) in [7, 11) is 0. The average molecular weight is 332 g/mol. The van der Waals surface area contributed by atoms with Crippen LogP contribution in [0.5, 0.6) is 5.75 Å². The second-order valence-corrected chi connectivity index (χ2v) is 5.99. The predicted octanol–water partition coefficient (Wildman–Crippen LogP) is 5.07. The third kappa shape index (κ3) is 9.33. The topological polar surface area (TPSA) is 50.7 Å². The molecule has 0 saturated carbocycles. The smallest absolute Gasteiger partial charge is 0.240 e. The number of unbranched alkanes of at least 4 members (excludes halogenated alkanes) is 7. The van der Waals surface area contributed by atoms with E-state index in [0.29, 0.717) is 13.0 Å². The molecule has 0 spiro atoms. The summed E-state index contributed by atoms with van der Waals surface area (Å²) in [6, 6.07) is 7.65. The van der Waals surface area contributed by atoms with Crippen molar-refractivity contribution in [3.05, 3.63) is 29.8 Å². The molecule has 0 aliphatic rings. The van der Waals surface area contributed by atoms with Crippen molar-refractivity contribution in [2.24, 2.45) is 5.10 Å². The molecule has 0 fully saturated rings. The fourth-order valence-electron chi connectivity index (χ4n) is 2.52. The molecule has 0 atom stereocenters. The second kappa shape index (κ2) is 13.6. The van der Waals surface area contributed by atoms with Crippen molar-refractivity contribution in [1.82, 2.24) is 5.43 Å². The van der Waals surface area contributed by atoms with Gasteiger partial charge in [0, 0.05) is 12.0 Å². The highest BCUT2D eigenvalue weighted by Crippen LogP contribution is 2.15. The summed E-state index contributed by atoms with van der Waals surface area (Å²) in [5.74, 6) is 0.757. The lowest BCUT2D eigenvalue weighted by Crippen LogP contribution is -2.17. The minimum atomic E-state index is -0.0221. The van der Waals surface area contributed by atoms with Gasteiger partial charge in [-0.1, -0.05) is 64.0 Å². The zero-order chi connectivity index (χ0) is 17.5. The minimum absolute atomic E-state index is 0.0221. The summed E-state index contributed by atoms with van der Waals surface area (Å²) in [5, 5.41) is 4.03.